The molecular weight excluding hydrogens is 301 g/mol. The van der Waals surface area contributed by atoms with Gasteiger partial charge in [-0.25, -0.2) is 4.39 Å². The zero-order valence-corrected chi connectivity index (χ0v) is 13.4. The number of aliphatic hydroxyl groups is 2. The lowest BCUT2D eigenvalue weighted by molar-refractivity contribution is -0.00307. The maximum Gasteiger partial charge on any atom is 0.252 e. The average molecular weight is 325 g/mol. The number of nitrogens with two attached hydrogens (primary N) is 1. The number of primary amides is 1. The molecule has 1 aromatic rings. The highest BCUT2D eigenvalue weighted by molar-refractivity contribution is 5.99. The first-order chi connectivity index (χ1) is 10.7. The Bertz CT molecular complexity index is 552. The smallest absolute Gasteiger partial charge is 0.252 e. The van der Waals surface area contributed by atoms with Gasteiger partial charge in [-0.1, -0.05) is 0 Å². The molecule has 1 aliphatic rings. The van der Waals surface area contributed by atoms with E-state index in [4.69, 9.17) is 5.73 Å². The van der Waals surface area contributed by atoms with E-state index >= 15 is 0 Å². The van der Waals surface area contributed by atoms with E-state index in [1.807, 2.05) is 0 Å². The molecule has 6 nitrogen and oxygen atoms in total. The quantitative estimate of drug-likeness (QED) is 0.627. The summed E-state index contributed by atoms with van der Waals surface area (Å²) in [6.45, 7) is 2.72. The molecule has 1 amide bonds. The van der Waals surface area contributed by atoms with Crippen LogP contribution in [0.2, 0.25) is 0 Å². The van der Waals surface area contributed by atoms with Gasteiger partial charge in [-0.05, 0) is 39.2 Å². The van der Waals surface area contributed by atoms with Gasteiger partial charge in [0.2, 0.25) is 0 Å². The molecule has 1 aromatic heterocycles. The Morgan fingerprint density at radius 3 is 2.78 bits per heavy atom. The number of halogens is 1. The summed E-state index contributed by atoms with van der Waals surface area (Å²) in [6, 6.07) is 1.42. The predicted molar refractivity (Wildman–Crippen MR) is 84.9 cm³/mol. The Balaban J connectivity index is 2.29. The first kappa shape index (κ1) is 17.6. The van der Waals surface area contributed by atoms with E-state index in [9.17, 15) is 19.4 Å². The molecule has 3 atom stereocenters. The van der Waals surface area contributed by atoms with Gasteiger partial charge >= 0.3 is 0 Å². The zero-order valence-electron chi connectivity index (χ0n) is 13.4. The second kappa shape index (κ2) is 6.80. The van der Waals surface area contributed by atoms with Crippen molar-refractivity contribution in [3.8, 4) is 0 Å². The van der Waals surface area contributed by atoms with Gasteiger partial charge < -0.3 is 21.3 Å². The maximum absolute atomic E-state index is 14.1. The van der Waals surface area contributed by atoms with Crippen LogP contribution in [0.5, 0.6) is 0 Å². The molecule has 0 aromatic carbocycles. The van der Waals surface area contributed by atoms with Crippen molar-refractivity contribution < 1.29 is 19.4 Å². The van der Waals surface area contributed by atoms with Crippen molar-refractivity contribution in [2.45, 2.75) is 63.4 Å². The molecule has 1 saturated carbocycles. The molecule has 7 heteroatoms. The fraction of sp³-hybridized carbons (Fsp3) is 0.625. The molecule has 1 fully saturated rings. The normalized spacial score (nSPS) is 22.8. The van der Waals surface area contributed by atoms with Crippen molar-refractivity contribution in [2.75, 3.05) is 5.32 Å². The lowest BCUT2D eigenvalue weighted by Gasteiger charge is -2.24. The van der Waals surface area contributed by atoms with Gasteiger partial charge in [-0.15, -0.1) is 0 Å². The lowest BCUT2D eigenvalue weighted by Crippen LogP contribution is -2.35. The van der Waals surface area contributed by atoms with Crippen LogP contribution in [-0.2, 0) is 6.42 Å². The van der Waals surface area contributed by atoms with Gasteiger partial charge in [0.1, 0.15) is 6.17 Å². The van der Waals surface area contributed by atoms with Crippen LogP contribution in [0, 0.1) is 0 Å². The molecule has 0 aliphatic heterocycles. The number of carbonyl (C=O) groups excluding carboxylic acids is 1. The Morgan fingerprint density at radius 2 is 2.26 bits per heavy atom. The number of rotatable bonds is 6. The molecule has 0 radical (unpaired) electrons. The number of aromatic nitrogens is 1. The van der Waals surface area contributed by atoms with Gasteiger partial charge in [0.05, 0.1) is 34.7 Å². The van der Waals surface area contributed by atoms with E-state index in [2.05, 4.69) is 10.3 Å². The summed E-state index contributed by atoms with van der Waals surface area (Å²) >= 11 is 0. The number of nitrogens with one attached hydrogen (secondary N) is 1. The average Bonchev–Trinajstić information content (AvgIpc) is 2.83. The standard InChI is InChI=1S/C16H24FN3O3/c1-16(2,23)13(17)8-11-14(15(18)22)10(6-7-19-11)20-9-4-3-5-12(9)21/h6-7,9,12-13,21,23H,3-5,8H2,1-2H3,(H2,18,22)(H,19,20)/t9-,12-,13-/m1/s1. The van der Waals surface area contributed by atoms with Crippen molar-refractivity contribution in [2.24, 2.45) is 5.73 Å². The van der Waals surface area contributed by atoms with Crippen LogP contribution in [-0.4, -0.2) is 45.0 Å². The lowest BCUT2D eigenvalue weighted by atomic mass is 9.96. The van der Waals surface area contributed by atoms with Gasteiger partial charge in [0.15, 0.2) is 0 Å². The first-order valence-corrected chi connectivity index (χ1v) is 7.79. The molecule has 23 heavy (non-hydrogen) atoms. The fourth-order valence-corrected chi connectivity index (χ4v) is 2.78. The number of pyridine rings is 1. The number of aliphatic hydroxyl groups excluding tert-OH is 1. The van der Waals surface area contributed by atoms with Crippen LogP contribution in [0.15, 0.2) is 12.3 Å². The molecule has 0 saturated heterocycles. The van der Waals surface area contributed by atoms with Crippen LogP contribution < -0.4 is 11.1 Å². The summed E-state index contributed by atoms with van der Waals surface area (Å²) in [5.74, 6) is -0.717. The summed E-state index contributed by atoms with van der Waals surface area (Å²) in [6.07, 6.45) is 1.55. The topological polar surface area (TPSA) is 108 Å². The fourth-order valence-electron chi connectivity index (χ4n) is 2.78. The third-order valence-corrected chi connectivity index (χ3v) is 4.24. The summed E-state index contributed by atoms with van der Waals surface area (Å²) in [5, 5.41) is 22.8. The van der Waals surface area contributed by atoms with Crippen molar-refractivity contribution in [3.63, 3.8) is 0 Å². The number of nitrogens with zero attached hydrogens (tertiary/aromatic N) is 1. The number of carbonyl (C=O) groups is 1. The van der Waals surface area contributed by atoms with Crippen LogP contribution in [0.1, 0.15) is 49.2 Å². The summed E-state index contributed by atoms with van der Waals surface area (Å²) in [5.41, 5.74) is 4.65. The van der Waals surface area contributed by atoms with Gasteiger partial charge in [-0.3, -0.25) is 9.78 Å². The van der Waals surface area contributed by atoms with E-state index in [0.717, 1.165) is 12.8 Å². The SMILES string of the molecule is CC(C)(O)[C@H](F)Cc1nccc(N[C@@H]2CCC[C@H]2O)c1C(N)=O. The Labute approximate surface area is 134 Å². The maximum atomic E-state index is 14.1. The van der Waals surface area contributed by atoms with Crippen LogP contribution in [0.4, 0.5) is 10.1 Å². The summed E-state index contributed by atoms with van der Waals surface area (Å²) in [4.78, 5) is 15.9. The second-order valence-corrected chi connectivity index (χ2v) is 6.62. The van der Waals surface area contributed by atoms with E-state index in [1.165, 1.54) is 20.0 Å². The third kappa shape index (κ3) is 4.17. The molecular formula is C16H24FN3O3. The minimum absolute atomic E-state index is 0.110. The summed E-state index contributed by atoms with van der Waals surface area (Å²) < 4.78 is 14.1. The van der Waals surface area contributed by atoms with Crippen LogP contribution in [0.25, 0.3) is 0 Å². The van der Waals surface area contributed by atoms with E-state index in [1.54, 1.807) is 6.07 Å². The first-order valence-electron chi connectivity index (χ1n) is 7.79. The molecule has 2 rings (SSSR count). The number of amides is 1. The highest BCUT2D eigenvalue weighted by atomic mass is 19.1. The van der Waals surface area contributed by atoms with Gasteiger partial charge in [0, 0.05) is 12.6 Å². The highest BCUT2D eigenvalue weighted by Crippen LogP contribution is 2.27. The second-order valence-electron chi connectivity index (χ2n) is 6.62. The molecule has 5 N–H and O–H groups in total. The van der Waals surface area contributed by atoms with Crippen molar-refractivity contribution in [3.05, 3.63) is 23.5 Å². The van der Waals surface area contributed by atoms with E-state index in [-0.39, 0.29) is 23.7 Å². The minimum atomic E-state index is -1.58. The van der Waals surface area contributed by atoms with Gasteiger partial charge in [-0.2, -0.15) is 0 Å². The summed E-state index contributed by atoms with van der Waals surface area (Å²) in [7, 11) is 0. The molecule has 0 bridgehead atoms. The van der Waals surface area contributed by atoms with Crippen molar-refractivity contribution in [1.29, 1.82) is 0 Å². The van der Waals surface area contributed by atoms with E-state index < -0.39 is 23.8 Å². The molecule has 0 spiro atoms. The van der Waals surface area contributed by atoms with Gasteiger partial charge in [0.25, 0.3) is 5.91 Å². The number of anilines is 1. The third-order valence-electron chi connectivity index (χ3n) is 4.24. The highest BCUT2D eigenvalue weighted by Gasteiger charge is 2.30. The molecule has 1 heterocycles. The Morgan fingerprint density at radius 1 is 1.57 bits per heavy atom. The molecule has 128 valence electrons. The van der Waals surface area contributed by atoms with E-state index in [0.29, 0.717) is 12.1 Å². The number of hydrogen-bond donors (Lipinski definition) is 4. The number of alkyl halides is 1. The molecule has 0 unspecified atom stereocenters. The van der Waals surface area contributed by atoms with Crippen molar-refractivity contribution >= 4 is 11.6 Å². The largest absolute Gasteiger partial charge is 0.391 e. The predicted octanol–water partition coefficient (Wildman–Crippen LogP) is 1.16. The number of hydrogen-bond acceptors (Lipinski definition) is 5. The van der Waals surface area contributed by atoms with Crippen LogP contribution in [0.3, 0.4) is 0 Å². The minimum Gasteiger partial charge on any atom is -0.391 e. The Hall–Kier alpha value is -1.73. The molecule has 1 aliphatic carbocycles. The van der Waals surface area contributed by atoms with Crippen molar-refractivity contribution in [1.82, 2.24) is 4.98 Å². The van der Waals surface area contributed by atoms with Crippen LogP contribution >= 0.6 is 0 Å². The zero-order chi connectivity index (χ0) is 17.2. The Kier molecular flexibility index (Phi) is 5.21. The monoisotopic (exact) mass is 325 g/mol.